The molecule has 104 valence electrons. The first-order chi connectivity index (χ1) is 10.3. The van der Waals surface area contributed by atoms with E-state index in [0.717, 1.165) is 23.0 Å². The Morgan fingerprint density at radius 3 is 1.71 bits per heavy atom. The minimum Gasteiger partial charge on any atom is -0.507 e. The van der Waals surface area contributed by atoms with E-state index in [1.807, 2.05) is 66.7 Å². The molecule has 0 aliphatic rings. The van der Waals surface area contributed by atoms with Gasteiger partial charge in [-0.25, -0.2) is 0 Å². The zero-order valence-corrected chi connectivity index (χ0v) is 11.5. The van der Waals surface area contributed by atoms with Gasteiger partial charge in [-0.05, 0) is 11.6 Å². The molecule has 0 amide bonds. The van der Waals surface area contributed by atoms with E-state index < -0.39 is 0 Å². The molecule has 3 aromatic rings. The highest BCUT2D eigenvalue weighted by molar-refractivity contribution is 5.74. The molecule has 0 aliphatic carbocycles. The van der Waals surface area contributed by atoms with E-state index in [2.05, 4.69) is 0 Å². The van der Waals surface area contributed by atoms with E-state index in [4.69, 9.17) is 0 Å². The molecular formula is C19H16O2. The number of carbonyl (C=O) groups is 1. The average Bonchev–Trinajstić information content (AvgIpc) is 2.57. The van der Waals surface area contributed by atoms with Crippen LogP contribution in [0.4, 0.5) is 0 Å². The van der Waals surface area contributed by atoms with Crippen LogP contribution in [-0.2, 0) is 0 Å². The highest BCUT2D eigenvalue weighted by Gasteiger charge is 2.00. The van der Waals surface area contributed by atoms with Crippen LogP contribution in [0.15, 0.2) is 84.9 Å². The molecular weight excluding hydrogens is 260 g/mol. The first-order valence-corrected chi connectivity index (χ1v) is 6.65. The molecule has 0 radical (unpaired) electrons. The maximum Gasteiger partial charge on any atom is 0.150 e. The van der Waals surface area contributed by atoms with Crippen molar-refractivity contribution >= 4 is 6.29 Å². The molecule has 3 rings (SSSR count). The van der Waals surface area contributed by atoms with E-state index in [1.54, 1.807) is 18.2 Å². The molecule has 2 nitrogen and oxygen atoms in total. The summed E-state index contributed by atoms with van der Waals surface area (Å²) in [5, 5.41) is 9.56. The summed E-state index contributed by atoms with van der Waals surface area (Å²) < 4.78 is 0. The fraction of sp³-hybridized carbons (Fsp3) is 0. The molecule has 0 saturated heterocycles. The third-order valence-corrected chi connectivity index (χ3v) is 2.92. The number of phenolic OH excluding ortho intramolecular Hbond substituents is 1. The number of benzene rings is 3. The van der Waals surface area contributed by atoms with Gasteiger partial charge in [0.2, 0.25) is 0 Å². The lowest BCUT2D eigenvalue weighted by atomic mass is 10.1. The van der Waals surface area contributed by atoms with Crippen LogP contribution in [-0.4, -0.2) is 11.4 Å². The number of hydrogen-bond donors (Lipinski definition) is 1. The zero-order valence-electron chi connectivity index (χ0n) is 11.5. The predicted molar refractivity (Wildman–Crippen MR) is 85.4 cm³/mol. The molecule has 21 heavy (non-hydrogen) atoms. The second-order valence-electron chi connectivity index (χ2n) is 4.41. The Hall–Kier alpha value is -2.87. The number of rotatable bonds is 2. The molecule has 3 aromatic carbocycles. The van der Waals surface area contributed by atoms with E-state index in [9.17, 15) is 9.90 Å². The van der Waals surface area contributed by atoms with Crippen molar-refractivity contribution in [3.8, 4) is 16.9 Å². The van der Waals surface area contributed by atoms with Crippen molar-refractivity contribution in [3.63, 3.8) is 0 Å². The molecule has 0 saturated carbocycles. The number of carbonyl (C=O) groups excluding carboxylic acids is 1. The Labute approximate surface area is 124 Å². The zero-order chi connectivity index (χ0) is 14.9. The number of aromatic hydroxyl groups is 1. The Morgan fingerprint density at radius 2 is 1.19 bits per heavy atom. The summed E-state index contributed by atoms with van der Waals surface area (Å²) in [7, 11) is 0. The minimum atomic E-state index is 0.328. The summed E-state index contributed by atoms with van der Waals surface area (Å²) >= 11 is 0. The topological polar surface area (TPSA) is 37.3 Å². The van der Waals surface area contributed by atoms with Crippen LogP contribution in [0.2, 0.25) is 0 Å². The molecule has 0 aliphatic heterocycles. The fourth-order valence-electron chi connectivity index (χ4n) is 1.87. The molecule has 0 spiro atoms. The van der Waals surface area contributed by atoms with Crippen molar-refractivity contribution in [1.82, 2.24) is 0 Å². The highest BCUT2D eigenvalue weighted by Crippen LogP contribution is 2.27. The van der Waals surface area contributed by atoms with Crippen LogP contribution >= 0.6 is 0 Å². The van der Waals surface area contributed by atoms with Crippen LogP contribution < -0.4 is 0 Å². The third kappa shape index (κ3) is 4.32. The fourth-order valence-corrected chi connectivity index (χ4v) is 1.87. The van der Waals surface area contributed by atoms with Gasteiger partial charge in [-0.2, -0.15) is 0 Å². The third-order valence-electron chi connectivity index (χ3n) is 2.92. The first kappa shape index (κ1) is 14.5. The largest absolute Gasteiger partial charge is 0.507 e. The SMILES string of the molecule is O=Cc1ccccc1.Oc1ccccc1-c1ccccc1. The Kier molecular flexibility index (Phi) is 5.30. The summed E-state index contributed by atoms with van der Waals surface area (Å²) in [6, 6.07) is 26.3. The van der Waals surface area contributed by atoms with Gasteiger partial charge in [0.15, 0.2) is 0 Å². The number of hydrogen-bond acceptors (Lipinski definition) is 2. The van der Waals surface area contributed by atoms with Crippen molar-refractivity contribution in [2.75, 3.05) is 0 Å². The lowest BCUT2D eigenvalue weighted by molar-refractivity contribution is 0.112. The van der Waals surface area contributed by atoms with Gasteiger partial charge in [-0.1, -0.05) is 78.9 Å². The van der Waals surface area contributed by atoms with Crippen molar-refractivity contribution in [2.45, 2.75) is 0 Å². The van der Waals surface area contributed by atoms with Crippen LogP contribution in [0.25, 0.3) is 11.1 Å². The van der Waals surface area contributed by atoms with Gasteiger partial charge in [0.05, 0.1) is 0 Å². The van der Waals surface area contributed by atoms with Gasteiger partial charge < -0.3 is 5.11 Å². The monoisotopic (exact) mass is 276 g/mol. The van der Waals surface area contributed by atoms with Crippen molar-refractivity contribution in [1.29, 1.82) is 0 Å². The van der Waals surface area contributed by atoms with E-state index >= 15 is 0 Å². The number of phenols is 1. The predicted octanol–water partition coefficient (Wildman–Crippen LogP) is 4.56. The van der Waals surface area contributed by atoms with Crippen molar-refractivity contribution in [2.24, 2.45) is 0 Å². The molecule has 0 atom stereocenters. The second kappa shape index (κ2) is 7.65. The second-order valence-corrected chi connectivity index (χ2v) is 4.41. The van der Waals surface area contributed by atoms with Crippen LogP contribution in [0.3, 0.4) is 0 Å². The van der Waals surface area contributed by atoms with E-state index in [-0.39, 0.29) is 0 Å². The van der Waals surface area contributed by atoms with Gasteiger partial charge in [-0.15, -0.1) is 0 Å². The maximum atomic E-state index is 10.0. The summed E-state index contributed by atoms with van der Waals surface area (Å²) in [5.41, 5.74) is 2.65. The van der Waals surface area contributed by atoms with Crippen LogP contribution in [0.1, 0.15) is 10.4 Å². The maximum absolute atomic E-state index is 10.0. The summed E-state index contributed by atoms with van der Waals surface area (Å²) in [6.45, 7) is 0. The van der Waals surface area contributed by atoms with Crippen molar-refractivity contribution in [3.05, 3.63) is 90.5 Å². The molecule has 1 N–H and O–H groups in total. The summed E-state index contributed by atoms with van der Waals surface area (Å²) in [6.07, 6.45) is 0.833. The highest BCUT2D eigenvalue weighted by atomic mass is 16.3. The normalized spacial score (nSPS) is 9.33. The first-order valence-electron chi connectivity index (χ1n) is 6.65. The molecule has 0 bridgehead atoms. The lowest BCUT2D eigenvalue weighted by Gasteiger charge is -2.02. The van der Waals surface area contributed by atoms with Gasteiger partial charge >= 0.3 is 0 Å². The molecule has 0 aromatic heterocycles. The lowest BCUT2D eigenvalue weighted by Crippen LogP contribution is -1.76. The van der Waals surface area contributed by atoms with Crippen molar-refractivity contribution < 1.29 is 9.90 Å². The smallest absolute Gasteiger partial charge is 0.150 e. The molecule has 0 heterocycles. The molecule has 2 heteroatoms. The van der Waals surface area contributed by atoms with Crippen LogP contribution in [0.5, 0.6) is 5.75 Å². The minimum absolute atomic E-state index is 0.328. The van der Waals surface area contributed by atoms with Gasteiger partial charge in [0.1, 0.15) is 12.0 Å². The Balaban J connectivity index is 0.000000173. The number of aldehydes is 1. The standard InChI is InChI=1S/C12H10O.C7H6O/c13-12-9-5-4-8-11(12)10-6-2-1-3-7-10;8-6-7-4-2-1-3-5-7/h1-9,13H;1-6H. The average molecular weight is 276 g/mol. The number of para-hydroxylation sites is 1. The molecule has 0 fully saturated rings. The Morgan fingerprint density at radius 1 is 0.667 bits per heavy atom. The Bertz CT molecular complexity index is 676. The summed E-state index contributed by atoms with van der Waals surface area (Å²) in [5.74, 6) is 0.328. The van der Waals surface area contributed by atoms with E-state index in [0.29, 0.717) is 5.75 Å². The van der Waals surface area contributed by atoms with E-state index in [1.165, 1.54) is 0 Å². The van der Waals surface area contributed by atoms with Gasteiger partial charge in [0, 0.05) is 11.1 Å². The van der Waals surface area contributed by atoms with Crippen LogP contribution in [0, 0.1) is 0 Å². The van der Waals surface area contributed by atoms with Gasteiger partial charge in [-0.3, -0.25) is 4.79 Å². The quantitative estimate of drug-likeness (QED) is 0.697. The summed E-state index contributed by atoms with van der Waals surface area (Å²) in [4.78, 5) is 10.0. The van der Waals surface area contributed by atoms with Gasteiger partial charge in [0.25, 0.3) is 0 Å². The molecule has 0 unspecified atom stereocenters.